The molecule has 142 valence electrons. The van der Waals surface area contributed by atoms with Crippen LogP contribution in [-0.4, -0.2) is 85.5 Å². The van der Waals surface area contributed by atoms with E-state index in [4.69, 9.17) is 0 Å². The molecule has 0 aromatic rings. The van der Waals surface area contributed by atoms with Crippen LogP contribution < -0.4 is 5.32 Å². The lowest BCUT2D eigenvalue weighted by Crippen LogP contribution is -2.56. The zero-order valence-corrected chi connectivity index (χ0v) is 16.4. The summed E-state index contributed by atoms with van der Waals surface area (Å²) >= 11 is 0. The number of piperazine rings is 1. The lowest BCUT2D eigenvalue weighted by molar-refractivity contribution is -0.127. The lowest BCUT2D eigenvalue weighted by Gasteiger charge is -2.42. The average Bonchev–Trinajstić information content (AvgIpc) is 3.21. The molecule has 3 atom stereocenters. The molecule has 3 fully saturated rings. The molecule has 6 heteroatoms. The summed E-state index contributed by atoms with van der Waals surface area (Å²) in [7, 11) is 3.56. The number of rotatable bonds is 4. The highest BCUT2D eigenvalue weighted by Crippen LogP contribution is 2.46. The summed E-state index contributed by atoms with van der Waals surface area (Å²) in [5.74, 6) is 2.89. The number of nitrogens with one attached hydrogen (secondary N) is 1. The topological polar surface area (TPSA) is 51.2 Å². The molecule has 25 heavy (non-hydrogen) atoms. The molecule has 0 aromatic heterocycles. The molecule has 1 aliphatic heterocycles. The largest absolute Gasteiger partial charge is 0.354 e. The lowest BCUT2D eigenvalue weighted by atomic mass is 9.93. The Balaban J connectivity index is 1.56. The van der Waals surface area contributed by atoms with Gasteiger partial charge in [0.25, 0.3) is 0 Å². The van der Waals surface area contributed by atoms with Crippen molar-refractivity contribution in [1.29, 1.82) is 0 Å². The second-order valence-corrected chi connectivity index (χ2v) is 8.49. The van der Waals surface area contributed by atoms with Gasteiger partial charge in [-0.1, -0.05) is 6.42 Å². The van der Waals surface area contributed by atoms with Gasteiger partial charge < -0.3 is 15.1 Å². The van der Waals surface area contributed by atoms with Gasteiger partial charge in [0.15, 0.2) is 5.96 Å². The van der Waals surface area contributed by atoms with Gasteiger partial charge in [0, 0.05) is 52.4 Å². The second-order valence-electron chi connectivity index (χ2n) is 8.49. The number of amides is 1. The molecule has 2 bridgehead atoms. The first kappa shape index (κ1) is 18.5. The van der Waals surface area contributed by atoms with E-state index in [1.165, 1.54) is 25.7 Å². The summed E-state index contributed by atoms with van der Waals surface area (Å²) in [6.07, 6.45) is 5.81. The Hall–Kier alpha value is -1.30. The zero-order chi connectivity index (χ0) is 18.0. The molecule has 0 spiro atoms. The summed E-state index contributed by atoms with van der Waals surface area (Å²) in [5.41, 5.74) is 0. The minimum atomic E-state index is 0.0451. The third-order valence-electron chi connectivity index (χ3n) is 6.06. The van der Waals surface area contributed by atoms with Crippen LogP contribution in [0.5, 0.6) is 0 Å². The van der Waals surface area contributed by atoms with Gasteiger partial charge in [-0.3, -0.25) is 9.69 Å². The number of fused-ring (bicyclic) bond motifs is 2. The maximum absolute atomic E-state index is 11.9. The fourth-order valence-electron chi connectivity index (χ4n) is 4.70. The van der Waals surface area contributed by atoms with Gasteiger partial charge in [0.2, 0.25) is 5.91 Å². The fraction of sp³-hybridized carbons (Fsp3) is 0.895. The molecule has 0 aromatic carbocycles. The number of carbonyl (C=O) groups excluding carboxylic acids is 1. The highest BCUT2D eigenvalue weighted by molar-refractivity contribution is 5.85. The van der Waals surface area contributed by atoms with Crippen LogP contribution in [-0.2, 0) is 4.79 Å². The molecule has 1 heterocycles. The van der Waals surface area contributed by atoms with Crippen molar-refractivity contribution in [3.8, 4) is 0 Å². The highest BCUT2D eigenvalue weighted by Gasteiger charge is 2.42. The van der Waals surface area contributed by atoms with Gasteiger partial charge in [-0.15, -0.1) is 0 Å². The Bertz CT molecular complexity index is 496. The molecule has 3 unspecified atom stereocenters. The second kappa shape index (κ2) is 7.94. The van der Waals surface area contributed by atoms with Crippen LogP contribution in [0, 0.1) is 11.8 Å². The number of hydrogen-bond donors (Lipinski definition) is 1. The summed E-state index contributed by atoms with van der Waals surface area (Å²) in [6.45, 7) is 8.70. The minimum absolute atomic E-state index is 0.0451. The number of hydrogen-bond acceptors (Lipinski definition) is 3. The first-order valence-electron chi connectivity index (χ1n) is 9.94. The van der Waals surface area contributed by atoms with Crippen LogP contribution >= 0.6 is 0 Å². The van der Waals surface area contributed by atoms with Crippen molar-refractivity contribution in [1.82, 2.24) is 20.0 Å². The summed E-state index contributed by atoms with van der Waals surface area (Å²) in [5, 5.41) is 3.44. The maximum Gasteiger partial charge on any atom is 0.243 e. The van der Waals surface area contributed by atoms with Crippen molar-refractivity contribution in [2.24, 2.45) is 16.8 Å². The minimum Gasteiger partial charge on any atom is -0.354 e. The quantitative estimate of drug-likeness (QED) is 0.613. The van der Waals surface area contributed by atoms with E-state index in [9.17, 15) is 4.79 Å². The molecule has 1 N–H and O–H groups in total. The molecule has 1 saturated heterocycles. The number of aliphatic imine (C=N–C) groups is 1. The average molecular weight is 350 g/mol. The number of carbonyl (C=O) groups is 1. The normalized spacial score (nSPS) is 30.2. The molecule has 0 radical (unpaired) electrons. The molecule has 2 aliphatic carbocycles. The van der Waals surface area contributed by atoms with Crippen molar-refractivity contribution < 1.29 is 4.79 Å². The number of guanidine groups is 1. The predicted octanol–water partition coefficient (Wildman–Crippen LogP) is 1.23. The van der Waals surface area contributed by atoms with Crippen LogP contribution in [0.1, 0.15) is 39.5 Å². The van der Waals surface area contributed by atoms with E-state index in [0.29, 0.717) is 6.04 Å². The van der Waals surface area contributed by atoms with Crippen LogP contribution in [0.4, 0.5) is 0 Å². The van der Waals surface area contributed by atoms with E-state index in [1.54, 1.807) is 19.0 Å². The molecular weight excluding hydrogens is 314 g/mol. The molecule has 3 rings (SSSR count). The predicted molar refractivity (Wildman–Crippen MR) is 102 cm³/mol. The molecule has 3 aliphatic rings. The van der Waals surface area contributed by atoms with Crippen molar-refractivity contribution in [2.45, 2.75) is 51.6 Å². The highest BCUT2D eigenvalue weighted by atomic mass is 16.2. The molecule has 2 saturated carbocycles. The standard InChI is InChI=1S/C19H35N5O/c1-14(2)21-19(20-13-18(25)22(3)4)24-9-7-23(8-10-24)17-12-15-5-6-16(17)11-15/h14-17H,5-13H2,1-4H3,(H,20,21). The van der Waals surface area contributed by atoms with Crippen LogP contribution in [0.15, 0.2) is 4.99 Å². The van der Waals surface area contributed by atoms with Crippen molar-refractivity contribution in [3.05, 3.63) is 0 Å². The summed E-state index contributed by atoms with van der Waals surface area (Å²) in [4.78, 5) is 23.1. The fourth-order valence-corrected chi connectivity index (χ4v) is 4.70. The van der Waals surface area contributed by atoms with E-state index in [-0.39, 0.29) is 12.5 Å². The van der Waals surface area contributed by atoms with Crippen LogP contribution in [0.3, 0.4) is 0 Å². The van der Waals surface area contributed by atoms with E-state index in [1.807, 2.05) is 0 Å². The van der Waals surface area contributed by atoms with Gasteiger partial charge in [-0.25, -0.2) is 4.99 Å². The number of nitrogens with zero attached hydrogens (tertiary/aromatic N) is 4. The Morgan fingerprint density at radius 1 is 1.16 bits per heavy atom. The maximum atomic E-state index is 11.9. The van der Waals surface area contributed by atoms with E-state index in [2.05, 4.69) is 34.0 Å². The third-order valence-corrected chi connectivity index (χ3v) is 6.06. The third kappa shape index (κ3) is 4.46. The zero-order valence-electron chi connectivity index (χ0n) is 16.4. The van der Waals surface area contributed by atoms with Gasteiger partial charge >= 0.3 is 0 Å². The molecule has 6 nitrogen and oxygen atoms in total. The van der Waals surface area contributed by atoms with Crippen molar-refractivity contribution >= 4 is 11.9 Å². The van der Waals surface area contributed by atoms with Gasteiger partial charge in [0.05, 0.1) is 0 Å². The van der Waals surface area contributed by atoms with E-state index >= 15 is 0 Å². The Morgan fingerprint density at radius 2 is 1.88 bits per heavy atom. The van der Waals surface area contributed by atoms with Crippen molar-refractivity contribution in [3.63, 3.8) is 0 Å². The molecule has 1 amide bonds. The van der Waals surface area contributed by atoms with Gasteiger partial charge in [0.1, 0.15) is 6.54 Å². The Morgan fingerprint density at radius 3 is 2.40 bits per heavy atom. The van der Waals surface area contributed by atoms with Crippen molar-refractivity contribution in [2.75, 3.05) is 46.8 Å². The Kier molecular flexibility index (Phi) is 5.87. The van der Waals surface area contributed by atoms with Crippen LogP contribution in [0.25, 0.3) is 0 Å². The smallest absolute Gasteiger partial charge is 0.243 e. The monoisotopic (exact) mass is 349 g/mol. The van der Waals surface area contributed by atoms with Gasteiger partial charge in [-0.05, 0) is 44.9 Å². The van der Waals surface area contributed by atoms with E-state index < -0.39 is 0 Å². The first-order chi connectivity index (χ1) is 11.9. The number of likely N-dealkylation sites (N-methyl/N-ethyl adjacent to an activating group) is 1. The van der Waals surface area contributed by atoms with Gasteiger partial charge in [-0.2, -0.15) is 0 Å². The van der Waals surface area contributed by atoms with E-state index in [0.717, 1.165) is 50.0 Å². The first-order valence-corrected chi connectivity index (χ1v) is 9.94. The van der Waals surface area contributed by atoms with Crippen LogP contribution in [0.2, 0.25) is 0 Å². The summed E-state index contributed by atoms with van der Waals surface area (Å²) < 4.78 is 0. The Labute approximate surface area is 152 Å². The molecular formula is C19H35N5O. The summed E-state index contributed by atoms with van der Waals surface area (Å²) in [6, 6.07) is 1.14. The SMILES string of the molecule is CC(C)NC(=NCC(=O)N(C)C)N1CCN(C2CC3CCC2C3)CC1.